The molecule has 0 aromatic rings. The predicted molar refractivity (Wildman–Crippen MR) is 62.8 cm³/mol. The quantitative estimate of drug-likeness (QED) is 0.768. The third-order valence-corrected chi connectivity index (χ3v) is 3.75. The first-order valence-corrected chi connectivity index (χ1v) is 6.10. The fraction of sp³-hybridized carbons (Fsp3) is 0.909. The molecular formula is C11H22O2S. The molecule has 2 nitrogen and oxygen atoms in total. The van der Waals surface area contributed by atoms with Crippen LogP contribution in [-0.4, -0.2) is 21.1 Å². The number of carbonyl (C=O) groups is 1. The first-order chi connectivity index (χ1) is 6.31. The van der Waals surface area contributed by atoms with Gasteiger partial charge in [0.2, 0.25) is 0 Å². The van der Waals surface area contributed by atoms with Crippen molar-refractivity contribution in [1.29, 1.82) is 0 Å². The maximum Gasteiger partial charge on any atom is 0.316 e. The number of thioether (sulfide) groups is 1. The van der Waals surface area contributed by atoms with Crippen LogP contribution >= 0.6 is 11.8 Å². The van der Waals surface area contributed by atoms with E-state index in [1.54, 1.807) is 11.8 Å². The Morgan fingerprint density at radius 1 is 1.29 bits per heavy atom. The molecule has 0 aromatic carbocycles. The molecule has 0 aliphatic rings. The molecule has 3 heteroatoms. The van der Waals surface area contributed by atoms with Crippen molar-refractivity contribution in [2.45, 2.75) is 57.5 Å². The minimum Gasteiger partial charge on any atom is -0.480 e. The van der Waals surface area contributed by atoms with Crippen molar-refractivity contribution >= 4 is 17.7 Å². The van der Waals surface area contributed by atoms with Gasteiger partial charge in [-0.15, -0.1) is 11.8 Å². The summed E-state index contributed by atoms with van der Waals surface area (Å²) >= 11 is 1.57. The van der Waals surface area contributed by atoms with E-state index in [0.29, 0.717) is 0 Å². The molecule has 0 aliphatic heterocycles. The van der Waals surface area contributed by atoms with Gasteiger partial charge in [-0.25, -0.2) is 0 Å². The summed E-state index contributed by atoms with van der Waals surface area (Å²) in [4.78, 5) is 11.1. The summed E-state index contributed by atoms with van der Waals surface area (Å²) in [7, 11) is 0. The number of aliphatic carboxylic acids is 1. The van der Waals surface area contributed by atoms with Gasteiger partial charge in [-0.2, -0.15) is 0 Å². The van der Waals surface area contributed by atoms with Gasteiger partial charge in [0.15, 0.2) is 0 Å². The molecule has 0 saturated heterocycles. The van der Waals surface area contributed by atoms with E-state index in [0.717, 1.165) is 12.8 Å². The number of rotatable bonds is 5. The van der Waals surface area contributed by atoms with E-state index < -0.39 is 5.97 Å². The smallest absolute Gasteiger partial charge is 0.316 e. The lowest BCUT2D eigenvalue weighted by Crippen LogP contribution is -2.30. The number of hydrogen-bond donors (Lipinski definition) is 1. The van der Waals surface area contributed by atoms with Gasteiger partial charge < -0.3 is 5.11 Å². The molecule has 0 aromatic heterocycles. The van der Waals surface area contributed by atoms with Crippen LogP contribution in [0.5, 0.6) is 0 Å². The van der Waals surface area contributed by atoms with Crippen molar-refractivity contribution in [2.24, 2.45) is 5.92 Å². The monoisotopic (exact) mass is 218 g/mol. The summed E-state index contributed by atoms with van der Waals surface area (Å²) < 4.78 is 0.0195. The highest BCUT2D eigenvalue weighted by Gasteiger charge is 2.30. The van der Waals surface area contributed by atoms with Crippen molar-refractivity contribution < 1.29 is 9.90 Å². The summed E-state index contributed by atoms with van der Waals surface area (Å²) in [5.41, 5.74) is 0. The zero-order chi connectivity index (χ0) is 11.4. The van der Waals surface area contributed by atoms with Crippen molar-refractivity contribution in [1.82, 2.24) is 0 Å². The maximum absolute atomic E-state index is 11.1. The van der Waals surface area contributed by atoms with Gasteiger partial charge in [0, 0.05) is 4.75 Å². The molecule has 0 spiro atoms. The SMILES string of the molecule is CCC(CC)C(SC(C)(C)C)C(=O)O. The van der Waals surface area contributed by atoms with E-state index >= 15 is 0 Å². The summed E-state index contributed by atoms with van der Waals surface area (Å²) in [6.07, 6.45) is 1.88. The van der Waals surface area contributed by atoms with Crippen molar-refractivity contribution in [3.63, 3.8) is 0 Å². The molecule has 0 fully saturated rings. The van der Waals surface area contributed by atoms with Gasteiger partial charge in [-0.3, -0.25) is 4.79 Å². The van der Waals surface area contributed by atoms with Crippen LogP contribution in [0.1, 0.15) is 47.5 Å². The zero-order valence-electron chi connectivity index (χ0n) is 9.83. The fourth-order valence-corrected chi connectivity index (χ4v) is 2.89. The highest BCUT2D eigenvalue weighted by Crippen LogP contribution is 2.34. The van der Waals surface area contributed by atoms with E-state index in [-0.39, 0.29) is 15.9 Å². The number of carboxylic acid groups (broad SMARTS) is 1. The van der Waals surface area contributed by atoms with Crippen LogP contribution in [0.4, 0.5) is 0 Å². The molecule has 1 unspecified atom stereocenters. The number of carboxylic acids is 1. The minimum atomic E-state index is -0.668. The third kappa shape index (κ3) is 4.89. The Balaban J connectivity index is 4.51. The molecule has 1 atom stereocenters. The van der Waals surface area contributed by atoms with Gasteiger partial charge in [0.1, 0.15) is 5.25 Å². The molecule has 0 saturated carbocycles. The molecule has 84 valence electrons. The molecule has 0 bridgehead atoms. The van der Waals surface area contributed by atoms with Crippen LogP contribution in [0.15, 0.2) is 0 Å². The van der Waals surface area contributed by atoms with Crippen LogP contribution in [0.25, 0.3) is 0 Å². The molecule has 0 amide bonds. The summed E-state index contributed by atoms with van der Waals surface area (Å²) in [5.74, 6) is -0.379. The Hall–Kier alpha value is -0.180. The molecule has 0 radical (unpaired) electrons. The fourth-order valence-electron chi connectivity index (χ4n) is 1.45. The second-order valence-electron chi connectivity index (χ2n) is 4.57. The lowest BCUT2D eigenvalue weighted by atomic mass is 9.99. The second-order valence-corrected chi connectivity index (χ2v) is 6.53. The first-order valence-electron chi connectivity index (χ1n) is 5.22. The molecule has 0 aliphatic carbocycles. The topological polar surface area (TPSA) is 37.3 Å². The Kier molecular flexibility index (Phi) is 5.57. The average Bonchev–Trinajstić information content (AvgIpc) is 2.02. The predicted octanol–water partition coefficient (Wildman–Crippen LogP) is 3.41. The van der Waals surface area contributed by atoms with Gasteiger partial charge >= 0.3 is 5.97 Å². The molecule has 1 N–H and O–H groups in total. The van der Waals surface area contributed by atoms with E-state index in [1.165, 1.54) is 0 Å². The van der Waals surface area contributed by atoms with Gasteiger partial charge in [0.25, 0.3) is 0 Å². The van der Waals surface area contributed by atoms with E-state index in [9.17, 15) is 4.79 Å². The first kappa shape index (κ1) is 13.8. The largest absolute Gasteiger partial charge is 0.480 e. The van der Waals surface area contributed by atoms with Crippen molar-refractivity contribution in [3.8, 4) is 0 Å². The van der Waals surface area contributed by atoms with Crippen molar-refractivity contribution in [2.75, 3.05) is 0 Å². The van der Waals surface area contributed by atoms with Crippen LogP contribution in [0, 0.1) is 5.92 Å². The zero-order valence-corrected chi connectivity index (χ0v) is 10.6. The number of hydrogen-bond acceptors (Lipinski definition) is 2. The lowest BCUT2D eigenvalue weighted by molar-refractivity contribution is -0.137. The molecule has 0 heterocycles. The normalized spacial score (nSPS) is 14.4. The second kappa shape index (κ2) is 5.64. The van der Waals surface area contributed by atoms with E-state index in [2.05, 4.69) is 34.6 Å². The lowest BCUT2D eigenvalue weighted by Gasteiger charge is -2.27. The molecular weight excluding hydrogens is 196 g/mol. The Labute approximate surface area is 91.5 Å². The standard InChI is InChI=1S/C11H22O2S/c1-6-8(7-2)9(10(12)13)14-11(3,4)5/h8-9H,6-7H2,1-5H3,(H,12,13). The van der Waals surface area contributed by atoms with Crippen LogP contribution in [-0.2, 0) is 4.79 Å². The van der Waals surface area contributed by atoms with Crippen LogP contribution in [0.2, 0.25) is 0 Å². The van der Waals surface area contributed by atoms with Gasteiger partial charge in [0.05, 0.1) is 0 Å². The van der Waals surface area contributed by atoms with Gasteiger partial charge in [-0.05, 0) is 5.92 Å². The van der Waals surface area contributed by atoms with Crippen LogP contribution in [0.3, 0.4) is 0 Å². The van der Waals surface area contributed by atoms with Gasteiger partial charge in [-0.1, -0.05) is 47.5 Å². The molecule has 0 rings (SSSR count). The highest BCUT2D eigenvalue weighted by molar-refractivity contribution is 8.01. The minimum absolute atomic E-state index is 0.0195. The summed E-state index contributed by atoms with van der Waals surface area (Å²) in [6.45, 7) is 10.3. The third-order valence-electron chi connectivity index (χ3n) is 2.20. The van der Waals surface area contributed by atoms with Crippen LogP contribution < -0.4 is 0 Å². The van der Waals surface area contributed by atoms with E-state index in [4.69, 9.17) is 5.11 Å². The maximum atomic E-state index is 11.1. The average molecular weight is 218 g/mol. The Bertz CT molecular complexity index is 180. The Morgan fingerprint density at radius 2 is 1.71 bits per heavy atom. The van der Waals surface area contributed by atoms with E-state index in [1.807, 2.05) is 0 Å². The summed E-state index contributed by atoms with van der Waals surface area (Å²) in [6, 6.07) is 0. The summed E-state index contributed by atoms with van der Waals surface area (Å²) in [5, 5.41) is 8.89. The van der Waals surface area contributed by atoms with Crippen molar-refractivity contribution in [3.05, 3.63) is 0 Å². The Morgan fingerprint density at radius 3 is 1.93 bits per heavy atom. The molecule has 14 heavy (non-hydrogen) atoms. The highest BCUT2D eigenvalue weighted by atomic mass is 32.2.